The van der Waals surface area contributed by atoms with Crippen molar-refractivity contribution < 1.29 is 27.9 Å². The fourth-order valence-electron chi connectivity index (χ4n) is 4.01. The van der Waals surface area contributed by atoms with Gasteiger partial charge in [0.15, 0.2) is 0 Å². The molecule has 0 bridgehead atoms. The van der Waals surface area contributed by atoms with E-state index in [9.17, 15) is 27.9 Å². The van der Waals surface area contributed by atoms with Gasteiger partial charge in [0.05, 0.1) is 11.3 Å². The quantitative estimate of drug-likeness (QED) is 0.842. The van der Waals surface area contributed by atoms with E-state index < -0.39 is 23.5 Å². The lowest BCUT2D eigenvalue weighted by molar-refractivity contribution is -0.184. The molecule has 2 aliphatic rings. The highest BCUT2D eigenvalue weighted by atomic mass is 19.4. The third kappa shape index (κ3) is 3.86. The maximum atomic E-state index is 12.7. The first-order chi connectivity index (χ1) is 11.1. The van der Waals surface area contributed by atoms with Crippen molar-refractivity contribution in [2.75, 3.05) is 13.1 Å². The van der Waals surface area contributed by atoms with Crippen LogP contribution < -0.4 is 0 Å². The van der Waals surface area contributed by atoms with Gasteiger partial charge < -0.3 is 10.0 Å². The Morgan fingerprint density at radius 3 is 2.21 bits per heavy atom. The van der Waals surface area contributed by atoms with Gasteiger partial charge in [-0.25, -0.2) is 0 Å². The molecule has 0 aromatic heterocycles. The van der Waals surface area contributed by atoms with E-state index in [4.69, 9.17) is 0 Å². The number of nitrogens with zero attached hydrogens (tertiary/aromatic N) is 1. The molecule has 1 aliphatic heterocycles. The number of hydrogen-bond donors (Lipinski definition) is 1. The Hall–Kier alpha value is -1.27. The molecule has 0 aromatic rings. The van der Waals surface area contributed by atoms with E-state index >= 15 is 0 Å². The number of amides is 1. The molecule has 1 saturated carbocycles. The van der Waals surface area contributed by atoms with Crippen molar-refractivity contribution in [2.24, 2.45) is 23.2 Å². The molecule has 1 amide bonds. The van der Waals surface area contributed by atoms with Crippen LogP contribution in [0.1, 0.15) is 52.4 Å². The maximum absolute atomic E-state index is 12.7. The fraction of sp³-hybridized carbons (Fsp3) is 0.882. The van der Waals surface area contributed by atoms with E-state index in [-0.39, 0.29) is 43.6 Å². The first kappa shape index (κ1) is 19.1. The molecule has 1 aliphatic carbocycles. The number of alkyl halides is 3. The fourth-order valence-corrected chi connectivity index (χ4v) is 4.01. The Kier molecular flexibility index (Phi) is 5.50. The van der Waals surface area contributed by atoms with Crippen LogP contribution in [-0.4, -0.2) is 41.1 Å². The minimum absolute atomic E-state index is 0.0185. The van der Waals surface area contributed by atoms with Crippen LogP contribution in [-0.2, 0) is 9.59 Å². The molecule has 1 heterocycles. The van der Waals surface area contributed by atoms with Gasteiger partial charge in [0.25, 0.3) is 0 Å². The molecule has 138 valence electrons. The van der Waals surface area contributed by atoms with Crippen LogP contribution in [0.2, 0.25) is 0 Å². The number of carbonyl (C=O) groups is 2. The van der Waals surface area contributed by atoms with Crippen molar-refractivity contribution >= 4 is 11.9 Å². The van der Waals surface area contributed by atoms with E-state index in [0.29, 0.717) is 25.8 Å². The van der Waals surface area contributed by atoms with Crippen molar-refractivity contribution in [3.05, 3.63) is 0 Å². The average Bonchev–Trinajstić information content (AvgIpc) is 2.93. The van der Waals surface area contributed by atoms with Gasteiger partial charge in [0.2, 0.25) is 5.91 Å². The van der Waals surface area contributed by atoms with Crippen LogP contribution in [0.25, 0.3) is 0 Å². The molecular weight excluding hydrogens is 323 g/mol. The van der Waals surface area contributed by atoms with E-state index in [1.165, 1.54) is 0 Å². The molecule has 1 saturated heterocycles. The Balaban J connectivity index is 1.88. The van der Waals surface area contributed by atoms with Crippen LogP contribution in [0.3, 0.4) is 0 Å². The van der Waals surface area contributed by atoms with Gasteiger partial charge in [-0.1, -0.05) is 13.8 Å². The number of likely N-dealkylation sites (tertiary alicyclic amines) is 1. The van der Waals surface area contributed by atoms with Crippen molar-refractivity contribution in [3.63, 3.8) is 0 Å². The van der Waals surface area contributed by atoms with Gasteiger partial charge in [-0.3, -0.25) is 9.59 Å². The Morgan fingerprint density at radius 1 is 1.21 bits per heavy atom. The summed E-state index contributed by atoms with van der Waals surface area (Å²) in [5.41, 5.74) is -0.899. The van der Waals surface area contributed by atoms with Gasteiger partial charge in [0, 0.05) is 19.5 Å². The first-order valence-electron chi connectivity index (χ1n) is 8.64. The Labute approximate surface area is 140 Å². The third-order valence-electron chi connectivity index (χ3n) is 5.96. The summed E-state index contributed by atoms with van der Waals surface area (Å²) in [5.74, 6) is -2.33. The first-order valence-corrected chi connectivity index (χ1v) is 8.64. The lowest BCUT2D eigenvalue weighted by Gasteiger charge is -2.31. The van der Waals surface area contributed by atoms with E-state index in [1.807, 2.05) is 13.8 Å². The third-order valence-corrected chi connectivity index (χ3v) is 5.96. The molecule has 0 radical (unpaired) electrons. The molecule has 4 nitrogen and oxygen atoms in total. The Bertz CT molecular complexity index is 484. The second kappa shape index (κ2) is 6.92. The number of carboxylic acid groups (broad SMARTS) is 1. The highest BCUT2D eigenvalue weighted by molar-refractivity contribution is 5.81. The van der Waals surface area contributed by atoms with Gasteiger partial charge in [-0.05, 0) is 43.9 Å². The molecule has 1 unspecified atom stereocenters. The van der Waals surface area contributed by atoms with Crippen LogP contribution in [0.4, 0.5) is 13.2 Å². The second-order valence-corrected chi connectivity index (χ2v) is 7.64. The second-order valence-electron chi connectivity index (χ2n) is 7.64. The monoisotopic (exact) mass is 349 g/mol. The number of rotatable bonds is 4. The number of carboxylic acids is 1. The SMILES string of the molecule is CC(C)C1(C(=O)O)CCN(C(=O)CC2CCC(C(F)(F)F)CC2)C1. The van der Waals surface area contributed by atoms with Crippen LogP contribution >= 0.6 is 0 Å². The van der Waals surface area contributed by atoms with Crippen molar-refractivity contribution in [3.8, 4) is 0 Å². The number of carbonyl (C=O) groups excluding carboxylic acids is 1. The topological polar surface area (TPSA) is 57.6 Å². The summed E-state index contributed by atoms with van der Waals surface area (Å²) in [7, 11) is 0. The molecule has 2 rings (SSSR count). The van der Waals surface area contributed by atoms with E-state index in [2.05, 4.69) is 0 Å². The molecule has 1 atom stereocenters. The Morgan fingerprint density at radius 2 is 1.79 bits per heavy atom. The summed E-state index contributed by atoms with van der Waals surface area (Å²) in [4.78, 5) is 25.6. The predicted octanol–water partition coefficient (Wildman–Crippen LogP) is 3.70. The lowest BCUT2D eigenvalue weighted by Crippen LogP contribution is -2.41. The molecule has 24 heavy (non-hydrogen) atoms. The number of halogens is 3. The highest BCUT2D eigenvalue weighted by Crippen LogP contribution is 2.42. The van der Waals surface area contributed by atoms with Crippen LogP contribution in [0, 0.1) is 23.2 Å². The zero-order valence-corrected chi connectivity index (χ0v) is 14.2. The minimum atomic E-state index is -4.14. The van der Waals surface area contributed by atoms with Crippen molar-refractivity contribution in [1.82, 2.24) is 4.90 Å². The van der Waals surface area contributed by atoms with E-state index in [1.54, 1.807) is 4.90 Å². The summed E-state index contributed by atoms with van der Waals surface area (Å²) in [5, 5.41) is 9.52. The van der Waals surface area contributed by atoms with E-state index in [0.717, 1.165) is 0 Å². The molecule has 0 spiro atoms. The average molecular weight is 349 g/mol. The summed E-state index contributed by atoms with van der Waals surface area (Å²) >= 11 is 0. The predicted molar refractivity (Wildman–Crippen MR) is 82.2 cm³/mol. The molecule has 1 N–H and O–H groups in total. The smallest absolute Gasteiger partial charge is 0.391 e. The maximum Gasteiger partial charge on any atom is 0.391 e. The summed E-state index contributed by atoms with van der Waals surface area (Å²) in [6.07, 6.45) is -2.46. The van der Waals surface area contributed by atoms with Crippen molar-refractivity contribution in [2.45, 2.75) is 58.5 Å². The van der Waals surface area contributed by atoms with Crippen LogP contribution in [0.15, 0.2) is 0 Å². The zero-order chi connectivity index (χ0) is 18.1. The molecule has 2 fully saturated rings. The summed E-state index contributed by atoms with van der Waals surface area (Å²) in [6, 6.07) is 0. The zero-order valence-electron chi connectivity index (χ0n) is 14.2. The molecule has 0 aromatic carbocycles. The molecular formula is C17H26F3NO3. The standard InChI is InChI=1S/C17H26F3NO3/c1-11(2)16(15(23)24)7-8-21(10-16)14(22)9-12-3-5-13(6-4-12)17(18,19)20/h11-13H,3-10H2,1-2H3,(H,23,24). The van der Waals surface area contributed by atoms with Gasteiger partial charge in [-0.2, -0.15) is 13.2 Å². The van der Waals surface area contributed by atoms with Gasteiger partial charge in [-0.15, -0.1) is 0 Å². The lowest BCUT2D eigenvalue weighted by atomic mass is 9.76. The summed E-state index contributed by atoms with van der Waals surface area (Å²) in [6.45, 7) is 4.32. The van der Waals surface area contributed by atoms with Gasteiger partial charge >= 0.3 is 12.1 Å². The summed E-state index contributed by atoms with van der Waals surface area (Å²) < 4.78 is 38.0. The largest absolute Gasteiger partial charge is 0.481 e. The normalized spacial score (nSPS) is 31.5. The highest BCUT2D eigenvalue weighted by Gasteiger charge is 2.48. The number of aliphatic carboxylic acids is 1. The van der Waals surface area contributed by atoms with Crippen molar-refractivity contribution in [1.29, 1.82) is 0 Å². The minimum Gasteiger partial charge on any atom is -0.481 e. The van der Waals surface area contributed by atoms with Gasteiger partial charge in [0.1, 0.15) is 0 Å². The number of hydrogen-bond acceptors (Lipinski definition) is 2. The van der Waals surface area contributed by atoms with Crippen LogP contribution in [0.5, 0.6) is 0 Å². The molecule has 7 heteroatoms.